The largest absolute Gasteiger partial charge is 0.372 e. The minimum absolute atomic E-state index is 0.000382. The van der Waals surface area contributed by atoms with Gasteiger partial charge in [0.05, 0.1) is 11.7 Å². The third-order valence-electron chi connectivity index (χ3n) is 3.78. The number of hydrogen-bond acceptors (Lipinski definition) is 1. The summed E-state index contributed by atoms with van der Waals surface area (Å²) in [7, 11) is 0. The fourth-order valence-electron chi connectivity index (χ4n) is 2.81. The van der Waals surface area contributed by atoms with Crippen molar-refractivity contribution in [1.29, 1.82) is 0 Å². The van der Waals surface area contributed by atoms with Gasteiger partial charge in [0.2, 0.25) is 0 Å². The van der Waals surface area contributed by atoms with E-state index in [-0.39, 0.29) is 11.4 Å². The van der Waals surface area contributed by atoms with Crippen LogP contribution in [0.3, 0.4) is 0 Å². The minimum atomic E-state index is -0.177. The molecular formula is C16H22ClFO. The van der Waals surface area contributed by atoms with Crippen LogP contribution in [0.25, 0.3) is 0 Å². The zero-order valence-corrected chi connectivity index (χ0v) is 12.4. The van der Waals surface area contributed by atoms with Gasteiger partial charge in [0.25, 0.3) is 0 Å². The highest BCUT2D eigenvalue weighted by Crippen LogP contribution is 2.33. The van der Waals surface area contributed by atoms with Crippen LogP contribution in [0.1, 0.15) is 38.7 Å². The average Bonchev–Trinajstić information content (AvgIpc) is 2.68. The lowest BCUT2D eigenvalue weighted by Gasteiger charge is -2.22. The summed E-state index contributed by atoms with van der Waals surface area (Å²) in [6.07, 6.45) is 4.29. The van der Waals surface area contributed by atoms with E-state index in [0.29, 0.717) is 17.9 Å². The van der Waals surface area contributed by atoms with Gasteiger partial charge in [-0.25, -0.2) is 4.39 Å². The molecule has 0 aromatic heterocycles. The fraction of sp³-hybridized carbons (Fsp3) is 0.625. The topological polar surface area (TPSA) is 9.23 Å². The van der Waals surface area contributed by atoms with Crippen LogP contribution < -0.4 is 0 Å². The summed E-state index contributed by atoms with van der Waals surface area (Å²) in [4.78, 5) is 0. The first-order valence-electron chi connectivity index (χ1n) is 6.97. The lowest BCUT2D eigenvalue weighted by Crippen LogP contribution is -2.22. The van der Waals surface area contributed by atoms with Crippen LogP contribution in [0.2, 0.25) is 0 Å². The molecule has 1 aromatic carbocycles. The van der Waals surface area contributed by atoms with Crippen molar-refractivity contribution < 1.29 is 9.13 Å². The van der Waals surface area contributed by atoms with Gasteiger partial charge in [-0.2, -0.15) is 0 Å². The Labute approximate surface area is 120 Å². The number of benzene rings is 1. The molecule has 2 unspecified atom stereocenters. The second-order valence-corrected chi connectivity index (χ2v) is 6.44. The summed E-state index contributed by atoms with van der Waals surface area (Å²) in [6, 6.07) is 6.79. The molecule has 2 rings (SSSR count). The molecule has 0 N–H and O–H groups in total. The quantitative estimate of drug-likeness (QED) is 0.720. The maximum absolute atomic E-state index is 13.2. The highest BCUT2D eigenvalue weighted by Gasteiger charge is 2.32. The number of ether oxygens (including phenoxy) is 1. The SMILES string of the molecule is CC1(C)CCC(CC(CCl)Cc2cccc(F)c2)O1. The molecule has 1 fully saturated rings. The second-order valence-electron chi connectivity index (χ2n) is 6.13. The van der Waals surface area contributed by atoms with Crippen molar-refractivity contribution in [3.63, 3.8) is 0 Å². The molecule has 0 bridgehead atoms. The second kappa shape index (κ2) is 6.23. The molecule has 1 aliphatic heterocycles. The molecule has 1 aliphatic rings. The Morgan fingerprint density at radius 3 is 2.84 bits per heavy atom. The molecule has 0 aliphatic carbocycles. The van der Waals surface area contributed by atoms with Gasteiger partial charge in [0.1, 0.15) is 5.82 Å². The fourth-order valence-corrected chi connectivity index (χ4v) is 3.05. The first kappa shape index (κ1) is 14.8. The van der Waals surface area contributed by atoms with Gasteiger partial charge in [0.15, 0.2) is 0 Å². The number of alkyl halides is 1. The Morgan fingerprint density at radius 1 is 1.47 bits per heavy atom. The Hall–Kier alpha value is -0.600. The third kappa shape index (κ3) is 4.47. The number of rotatable bonds is 5. The Morgan fingerprint density at radius 2 is 2.26 bits per heavy atom. The molecule has 2 atom stereocenters. The van der Waals surface area contributed by atoms with E-state index in [4.69, 9.17) is 16.3 Å². The summed E-state index contributed by atoms with van der Waals surface area (Å²) in [5.74, 6) is 0.767. The maximum Gasteiger partial charge on any atom is 0.123 e. The van der Waals surface area contributed by atoms with Crippen LogP contribution in [-0.4, -0.2) is 17.6 Å². The first-order valence-corrected chi connectivity index (χ1v) is 7.50. The van der Waals surface area contributed by atoms with Crippen molar-refractivity contribution in [1.82, 2.24) is 0 Å². The molecule has 1 nitrogen and oxygen atoms in total. The van der Waals surface area contributed by atoms with Crippen LogP contribution in [0.4, 0.5) is 4.39 Å². The molecule has 19 heavy (non-hydrogen) atoms. The summed E-state index contributed by atoms with van der Waals surface area (Å²) >= 11 is 6.06. The van der Waals surface area contributed by atoms with Gasteiger partial charge in [-0.1, -0.05) is 12.1 Å². The van der Waals surface area contributed by atoms with E-state index >= 15 is 0 Å². The third-order valence-corrected chi connectivity index (χ3v) is 4.22. The van der Waals surface area contributed by atoms with E-state index in [1.54, 1.807) is 12.1 Å². The highest BCUT2D eigenvalue weighted by atomic mass is 35.5. The van der Waals surface area contributed by atoms with Crippen molar-refractivity contribution in [2.45, 2.75) is 51.2 Å². The van der Waals surface area contributed by atoms with E-state index in [9.17, 15) is 4.39 Å². The van der Waals surface area contributed by atoms with E-state index in [0.717, 1.165) is 31.2 Å². The van der Waals surface area contributed by atoms with E-state index in [1.807, 2.05) is 6.07 Å². The van der Waals surface area contributed by atoms with Crippen LogP contribution in [0.15, 0.2) is 24.3 Å². The van der Waals surface area contributed by atoms with E-state index in [2.05, 4.69) is 13.8 Å². The molecular weight excluding hydrogens is 263 g/mol. The minimum Gasteiger partial charge on any atom is -0.372 e. The summed E-state index contributed by atoms with van der Waals surface area (Å²) in [6.45, 7) is 4.27. The van der Waals surface area contributed by atoms with Gasteiger partial charge < -0.3 is 4.74 Å². The predicted octanol–water partition coefficient (Wildman–Crippen LogP) is 4.57. The Balaban J connectivity index is 1.90. The molecule has 1 aromatic rings. The van der Waals surface area contributed by atoms with Crippen molar-refractivity contribution in [2.24, 2.45) is 5.92 Å². The zero-order valence-electron chi connectivity index (χ0n) is 11.7. The molecule has 3 heteroatoms. The van der Waals surface area contributed by atoms with Gasteiger partial charge in [0, 0.05) is 5.88 Å². The van der Waals surface area contributed by atoms with Crippen molar-refractivity contribution in [2.75, 3.05) is 5.88 Å². The van der Waals surface area contributed by atoms with E-state index < -0.39 is 0 Å². The lowest BCUT2D eigenvalue weighted by atomic mass is 9.94. The smallest absolute Gasteiger partial charge is 0.123 e. The van der Waals surface area contributed by atoms with Gasteiger partial charge in [-0.05, 0) is 63.1 Å². The maximum atomic E-state index is 13.2. The van der Waals surface area contributed by atoms with Crippen molar-refractivity contribution in [3.05, 3.63) is 35.6 Å². The molecule has 0 spiro atoms. The van der Waals surface area contributed by atoms with Crippen LogP contribution in [0, 0.1) is 11.7 Å². The predicted molar refractivity (Wildman–Crippen MR) is 77.1 cm³/mol. The van der Waals surface area contributed by atoms with Crippen LogP contribution in [-0.2, 0) is 11.2 Å². The molecule has 1 heterocycles. The first-order chi connectivity index (χ1) is 8.98. The Bertz CT molecular complexity index is 419. The molecule has 0 saturated carbocycles. The summed E-state index contributed by atoms with van der Waals surface area (Å²) < 4.78 is 19.2. The van der Waals surface area contributed by atoms with Gasteiger partial charge in [-0.15, -0.1) is 11.6 Å². The number of hydrogen-bond donors (Lipinski definition) is 0. The number of halogens is 2. The normalized spacial score (nSPS) is 23.5. The molecule has 0 amide bonds. The van der Waals surface area contributed by atoms with Crippen molar-refractivity contribution >= 4 is 11.6 Å². The summed E-state index contributed by atoms with van der Waals surface area (Å²) in [5.41, 5.74) is 1.02. The molecule has 0 radical (unpaired) electrons. The summed E-state index contributed by atoms with van der Waals surface area (Å²) in [5, 5.41) is 0. The Kier molecular flexibility index (Phi) is 4.86. The van der Waals surface area contributed by atoms with Crippen LogP contribution >= 0.6 is 11.6 Å². The van der Waals surface area contributed by atoms with Crippen molar-refractivity contribution in [3.8, 4) is 0 Å². The monoisotopic (exact) mass is 284 g/mol. The van der Waals surface area contributed by atoms with Gasteiger partial charge >= 0.3 is 0 Å². The molecule has 106 valence electrons. The van der Waals surface area contributed by atoms with Gasteiger partial charge in [-0.3, -0.25) is 0 Å². The zero-order chi connectivity index (χ0) is 13.9. The lowest BCUT2D eigenvalue weighted by molar-refractivity contribution is -0.0234. The van der Waals surface area contributed by atoms with Crippen LogP contribution in [0.5, 0.6) is 0 Å². The van der Waals surface area contributed by atoms with E-state index in [1.165, 1.54) is 6.07 Å². The average molecular weight is 285 g/mol. The highest BCUT2D eigenvalue weighted by molar-refractivity contribution is 6.18. The molecule has 1 saturated heterocycles. The standard InChI is InChI=1S/C16H22ClFO/c1-16(2)7-6-15(19-16)10-13(11-17)8-12-4-3-5-14(18)9-12/h3-5,9,13,15H,6-8,10-11H2,1-2H3.